The fourth-order valence-electron chi connectivity index (χ4n) is 2.53. The minimum Gasteiger partial charge on any atom is -0.339 e. The summed E-state index contributed by atoms with van der Waals surface area (Å²) in [6, 6.07) is 16.1. The van der Waals surface area contributed by atoms with E-state index in [1.54, 1.807) is 36.4 Å². The van der Waals surface area contributed by atoms with Crippen molar-refractivity contribution in [2.45, 2.75) is 20.8 Å². The largest absolute Gasteiger partial charge is 0.339 e. The Bertz CT molecular complexity index is 980. The molecule has 0 atom stereocenters. The summed E-state index contributed by atoms with van der Waals surface area (Å²) in [7, 11) is 0. The average molecular weight is 360 g/mol. The molecule has 2 N–H and O–H groups in total. The maximum atomic E-state index is 12.4. The zero-order valence-electron chi connectivity index (χ0n) is 15.4. The van der Waals surface area contributed by atoms with E-state index in [-0.39, 0.29) is 17.4 Å². The second-order valence-electron chi connectivity index (χ2n) is 6.26. The molecule has 3 rings (SSSR count). The Morgan fingerprint density at radius 3 is 2.26 bits per heavy atom. The fraction of sp³-hybridized carbons (Fsp3) is 0.143. The zero-order valence-corrected chi connectivity index (χ0v) is 15.4. The molecule has 0 aliphatic carbocycles. The monoisotopic (exact) mass is 360 g/mol. The van der Waals surface area contributed by atoms with Crippen molar-refractivity contribution in [2.75, 3.05) is 10.6 Å². The van der Waals surface area contributed by atoms with Crippen LogP contribution in [0.3, 0.4) is 0 Å². The van der Waals surface area contributed by atoms with Crippen LogP contribution in [0.25, 0.3) is 0 Å². The van der Waals surface area contributed by atoms with E-state index < -0.39 is 0 Å². The van der Waals surface area contributed by atoms with Crippen LogP contribution in [-0.4, -0.2) is 21.9 Å². The van der Waals surface area contributed by atoms with Crippen LogP contribution in [0, 0.1) is 13.8 Å². The minimum absolute atomic E-state index is 0.0144. The van der Waals surface area contributed by atoms with Crippen LogP contribution in [0.15, 0.2) is 54.6 Å². The standard InChI is InChI=1S/C21H20N4O2/c1-13-5-4-6-18(14(13)2)23-21(27)19-11-12-20(25-24-19)22-17-9-7-16(8-10-17)15(3)26/h4-12H,1-3H3,(H,22,25)(H,23,27). The number of hydrogen-bond acceptors (Lipinski definition) is 5. The summed E-state index contributed by atoms with van der Waals surface area (Å²) in [5.74, 6) is 0.211. The number of Topliss-reactive ketones (excluding diaryl/α,β-unsaturated/α-hetero) is 1. The second kappa shape index (κ2) is 7.78. The van der Waals surface area contributed by atoms with Gasteiger partial charge in [0.05, 0.1) is 0 Å². The summed E-state index contributed by atoms with van der Waals surface area (Å²) in [6.45, 7) is 5.48. The third kappa shape index (κ3) is 4.36. The Morgan fingerprint density at radius 1 is 0.889 bits per heavy atom. The number of nitrogens with zero attached hydrogens (tertiary/aromatic N) is 2. The van der Waals surface area contributed by atoms with Crippen molar-refractivity contribution in [2.24, 2.45) is 0 Å². The van der Waals surface area contributed by atoms with Gasteiger partial charge in [0.1, 0.15) is 0 Å². The highest BCUT2D eigenvalue weighted by atomic mass is 16.2. The molecule has 1 amide bonds. The summed E-state index contributed by atoms with van der Waals surface area (Å²) in [6.07, 6.45) is 0. The summed E-state index contributed by atoms with van der Waals surface area (Å²) < 4.78 is 0. The molecule has 0 aliphatic heterocycles. The molecule has 27 heavy (non-hydrogen) atoms. The van der Waals surface area contributed by atoms with Crippen LogP contribution in [0.1, 0.15) is 38.9 Å². The predicted octanol–water partition coefficient (Wildman–Crippen LogP) is 4.29. The van der Waals surface area contributed by atoms with E-state index in [4.69, 9.17) is 0 Å². The lowest BCUT2D eigenvalue weighted by Crippen LogP contribution is -2.15. The smallest absolute Gasteiger partial charge is 0.276 e. The molecule has 0 aliphatic rings. The molecular weight excluding hydrogens is 340 g/mol. The molecule has 0 unspecified atom stereocenters. The van der Waals surface area contributed by atoms with E-state index >= 15 is 0 Å². The van der Waals surface area contributed by atoms with Crippen LogP contribution in [0.2, 0.25) is 0 Å². The molecule has 0 saturated heterocycles. The first-order chi connectivity index (χ1) is 12.9. The van der Waals surface area contributed by atoms with Crippen LogP contribution >= 0.6 is 0 Å². The van der Waals surface area contributed by atoms with Gasteiger partial charge < -0.3 is 10.6 Å². The first kappa shape index (κ1) is 18.3. The number of carbonyl (C=O) groups excluding carboxylic acids is 2. The van der Waals surface area contributed by atoms with Crippen molar-refractivity contribution in [1.82, 2.24) is 10.2 Å². The van der Waals surface area contributed by atoms with Gasteiger partial charge in [0.15, 0.2) is 17.3 Å². The molecule has 136 valence electrons. The molecule has 1 heterocycles. The van der Waals surface area contributed by atoms with Gasteiger partial charge in [-0.2, -0.15) is 0 Å². The van der Waals surface area contributed by atoms with Gasteiger partial charge in [0.2, 0.25) is 0 Å². The van der Waals surface area contributed by atoms with Gasteiger partial charge in [-0.3, -0.25) is 9.59 Å². The maximum absolute atomic E-state index is 12.4. The molecule has 1 aromatic heterocycles. The number of carbonyl (C=O) groups is 2. The number of anilines is 3. The molecule has 3 aromatic rings. The third-order valence-corrected chi connectivity index (χ3v) is 4.31. The Labute approximate surface area is 157 Å². The Kier molecular flexibility index (Phi) is 5.26. The molecule has 0 radical (unpaired) electrons. The number of rotatable bonds is 5. The van der Waals surface area contributed by atoms with E-state index in [0.29, 0.717) is 11.4 Å². The number of ketones is 1. The highest BCUT2D eigenvalue weighted by molar-refractivity contribution is 6.03. The lowest BCUT2D eigenvalue weighted by molar-refractivity contribution is 0.101. The van der Waals surface area contributed by atoms with Gasteiger partial charge in [-0.15, -0.1) is 10.2 Å². The zero-order chi connectivity index (χ0) is 19.4. The first-order valence-electron chi connectivity index (χ1n) is 8.53. The Morgan fingerprint density at radius 2 is 1.63 bits per heavy atom. The summed E-state index contributed by atoms with van der Waals surface area (Å²) in [4.78, 5) is 23.7. The molecule has 0 spiro atoms. The minimum atomic E-state index is -0.312. The SMILES string of the molecule is CC(=O)c1ccc(Nc2ccc(C(=O)Nc3cccc(C)c3C)nn2)cc1. The van der Waals surface area contributed by atoms with Crippen molar-refractivity contribution in [3.8, 4) is 0 Å². The predicted molar refractivity (Wildman–Crippen MR) is 106 cm³/mol. The Hall–Kier alpha value is -3.54. The van der Waals surface area contributed by atoms with Gasteiger partial charge in [-0.1, -0.05) is 12.1 Å². The summed E-state index contributed by atoms with van der Waals surface area (Å²) in [5.41, 5.74) is 4.54. The molecular formula is C21H20N4O2. The number of nitrogens with one attached hydrogen (secondary N) is 2. The maximum Gasteiger partial charge on any atom is 0.276 e. The van der Waals surface area contributed by atoms with E-state index in [1.807, 2.05) is 32.0 Å². The van der Waals surface area contributed by atoms with Crippen LogP contribution in [0.4, 0.5) is 17.2 Å². The van der Waals surface area contributed by atoms with E-state index in [9.17, 15) is 9.59 Å². The lowest BCUT2D eigenvalue weighted by atomic mass is 10.1. The van der Waals surface area contributed by atoms with Crippen molar-refractivity contribution in [3.05, 3.63) is 77.0 Å². The lowest BCUT2D eigenvalue weighted by Gasteiger charge is -2.10. The van der Waals surface area contributed by atoms with Crippen LogP contribution in [-0.2, 0) is 0 Å². The second-order valence-corrected chi connectivity index (χ2v) is 6.26. The highest BCUT2D eigenvalue weighted by Gasteiger charge is 2.11. The molecule has 0 fully saturated rings. The van der Waals surface area contributed by atoms with Crippen molar-refractivity contribution in [3.63, 3.8) is 0 Å². The normalized spacial score (nSPS) is 10.3. The number of aryl methyl sites for hydroxylation is 1. The quantitative estimate of drug-likeness (QED) is 0.663. The Balaban J connectivity index is 1.68. The van der Waals surface area contributed by atoms with Gasteiger partial charge in [-0.25, -0.2) is 0 Å². The number of aromatic nitrogens is 2. The van der Waals surface area contributed by atoms with Crippen molar-refractivity contribution >= 4 is 28.9 Å². The van der Waals surface area contributed by atoms with Crippen molar-refractivity contribution < 1.29 is 9.59 Å². The molecule has 6 nitrogen and oxygen atoms in total. The number of hydrogen-bond donors (Lipinski definition) is 2. The van der Waals surface area contributed by atoms with Gasteiger partial charge >= 0.3 is 0 Å². The topological polar surface area (TPSA) is 84.0 Å². The summed E-state index contributed by atoms with van der Waals surface area (Å²) >= 11 is 0. The number of amides is 1. The van der Waals surface area contributed by atoms with E-state index in [2.05, 4.69) is 20.8 Å². The average Bonchev–Trinajstić information content (AvgIpc) is 2.66. The van der Waals surface area contributed by atoms with Crippen molar-refractivity contribution in [1.29, 1.82) is 0 Å². The summed E-state index contributed by atoms with van der Waals surface area (Å²) in [5, 5.41) is 14.0. The molecule has 0 saturated carbocycles. The molecule has 2 aromatic carbocycles. The van der Waals surface area contributed by atoms with Crippen LogP contribution < -0.4 is 10.6 Å². The van der Waals surface area contributed by atoms with E-state index in [0.717, 1.165) is 22.5 Å². The fourth-order valence-corrected chi connectivity index (χ4v) is 2.53. The van der Waals surface area contributed by atoms with Gasteiger partial charge in [0.25, 0.3) is 5.91 Å². The van der Waals surface area contributed by atoms with Gasteiger partial charge in [0, 0.05) is 16.9 Å². The highest BCUT2D eigenvalue weighted by Crippen LogP contribution is 2.19. The van der Waals surface area contributed by atoms with E-state index in [1.165, 1.54) is 6.92 Å². The molecule has 6 heteroatoms. The molecule has 0 bridgehead atoms. The number of benzene rings is 2. The third-order valence-electron chi connectivity index (χ3n) is 4.31. The van der Waals surface area contributed by atoms with Gasteiger partial charge in [-0.05, 0) is 74.4 Å². The van der Waals surface area contributed by atoms with Crippen LogP contribution in [0.5, 0.6) is 0 Å². The first-order valence-corrected chi connectivity index (χ1v) is 8.53.